The highest BCUT2D eigenvalue weighted by Crippen LogP contribution is 2.09. The van der Waals surface area contributed by atoms with Crippen molar-refractivity contribution in [1.82, 2.24) is 16.0 Å². The Labute approximate surface area is 145 Å². The summed E-state index contributed by atoms with van der Waals surface area (Å²) in [5.74, 6) is 0.0839. The van der Waals surface area contributed by atoms with E-state index >= 15 is 0 Å². The number of benzene rings is 1. The molecule has 0 aliphatic heterocycles. The Hall–Kier alpha value is -3.29. The molecule has 1 heterocycles. The summed E-state index contributed by atoms with van der Waals surface area (Å²) < 4.78 is 5.12. The second-order valence-electron chi connectivity index (χ2n) is 5.27. The predicted molar refractivity (Wildman–Crippen MR) is 92.0 cm³/mol. The molecule has 0 bridgehead atoms. The van der Waals surface area contributed by atoms with Gasteiger partial charge in [0, 0.05) is 18.3 Å². The molecule has 8 nitrogen and oxygen atoms in total. The van der Waals surface area contributed by atoms with E-state index < -0.39 is 12.1 Å². The first-order valence-electron chi connectivity index (χ1n) is 7.69. The number of rotatable bonds is 6. The fourth-order valence-electron chi connectivity index (χ4n) is 2.02. The highest BCUT2D eigenvalue weighted by atomic mass is 16.3. The maximum Gasteiger partial charge on any atom is 0.319 e. The smallest absolute Gasteiger partial charge is 0.319 e. The van der Waals surface area contributed by atoms with E-state index in [4.69, 9.17) is 4.42 Å². The lowest BCUT2D eigenvalue weighted by Crippen LogP contribution is -2.46. The summed E-state index contributed by atoms with van der Waals surface area (Å²) in [6, 6.07) is 8.62. The van der Waals surface area contributed by atoms with Gasteiger partial charge in [-0.2, -0.15) is 0 Å². The Morgan fingerprint density at radius 2 is 1.84 bits per heavy atom. The van der Waals surface area contributed by atoms with Crippen molar-refractivity contribution in [2.24, 2.45) is 0 Å². The van der Waals surface area contributed by atoms with Gasteiger partial charge in [0.05, 0.1) is 12.8 Å². The largest absolute Gasteiger partial charge is 0.467 e. The predicted octanol–water partition coefficient (Wildman–Crippen LogP) is 1.47. The summed E-state index contributed by atoms with van der Waals surface area (Å²) >= 11 is 0. The maximum atomic E-state index is 11.9. The van der Waals surface area contributed by atoms with Gasteiger partial charge in [-0.1, -0.05) is 0 Å². The molecule has 0 unspecified atom stereocenters. The quantitative estimate of drug-likeness (QED) is 0.635. The molecule has 0 radical (unpaired) electrons. The van der Waals surface area contributed by atoms with Crippen molar-refractivity contribution in [3.63, 3.8) is 0 Å². The fraction of sp³-hybridized carbons (Fsp3) is 0.235. The molecular weight excluding hydrogens is 324 g/mol. The van der Waals surface area contributed by atoms with Gasteiger partial charge in [0.25, 0.3) is 5.91 Å². The summed E-state index contributed by atoms with van der Waals surface area (Å²) in [5, 5.41) is 10.3. The molecule has 8 heteroatoms. The van der Waals surface area contributed by atoms with Gasteiger partial charge in [0.1, 0.15) is 11.8 Å². The van der Waals surface area contributed by atoms with Gasteiger partial charge in [0.15, 0.2) is 0 Å². The number of carbonyl (C=O) groups is 3. The van der Waals surface area contributed by atoms with E-state index in [1.807, 2.05) is 0 Å². The van der Waals surface area contributed by atoms with Gasteiger partial charge in [-0.15, -0.1) is 0 Å². The zero-order chi connectivity index (χ0) is 18.2. The molecule has 4 N–H and O–H groups in total. The molecule has 2 rings (SSSR count). The van der Waals surface area contributed by atoms with E-state index in [1.54, 1.807) is 50.4 Å². The van der Waals surface area contributed by atoms with Crippen LogP contribution in [0.5, 0.6) is 0 Å². The average molecular weight is 344 g/mol. The molecule has 0 fully saturated rings. The van der Waals surface area contributed by atoms with Crippen molar-refractivity contribution in [1.29, 1.82) is 0 Å². The number of anilines is 1. The van der Waals surface area contributed by atoms with Gasteiger partial charge in [-0.3, -0.25) is 9.59 Å². The van der Waals surface area contributed by atoms with Crippen LogP contribution in [0.1, 0.15) is 23.0 Å². The minimum absolute atomic E-state index is 0.210. The molecule has 0 aliphatic carbocycles. The Bertz CT molecular complexity index is 726. The first-order valence-corrected chi connectivity index (χ1v) is 7.69. The van der Waals surface area contributed by atoms with Crippen molar-refractivity contribution in [2.45, 2.75) is 19.5 Å². The number of nitrogens with one attached hydrogen (secondary N) is 4. The summed E-state index contributed by atoms with van der Waals surface area (Å²) in [6.45, 7) is 1.83. The summed E-state index contributed by atoms with van der Waals surface area (Å²) in [4.78, 5) is 35.3. The van der Waals surface area contributed by atoms with Crippen LogP contribution in [0.3, 0.4) is 0 Å². The first-order chi connectivity index (χ1) is 12.0. The molecule has 1 aromatic heterocycles. The SMILES string of the molecule is CNC(=O)c1ccc(NC(=O)N[C@H](C)C(=O)NCc2ccco2)cc1. The molecule has 0 aliphatic rings. The summed E-state index contributed by atoms with van der Waals surface area (Å²) in [5.41, 5.74) is 0.993. The van der Waals surface area contributed by atoms with Gasteiger partial charge in [0.2, 0.25) is 5.91 Å². The third kappa shape index (κ3) is 5.38. The van der Waals surface area contributed by atoms with E-state index in [2.05, 4.69) is 21.3 Å². The second-order valence-corrected chi connectivity index (χ2v) is 5.27. The van der Waals surface area contributed by atoms with Gasteiger partial charge in [-0.05, 0) is 43.3 Å². The van der Waals surface area contributed by atoms with Crippen LogP contribution in [0.15, 0.2) is 47.1 Å². The summed E-state index contributed by atoms with van der Waals surface area (Å²) in [6.07, 6.45) is 1.52. The van der Waals surface area contributed by atoms with Crippen LogP contribution in [-0.4, -0.2) is 30.9 Å². The van der Waals surface area contributed by atoms with Crippen molar-refractivity contribution >= 4 is 23.5 Å². The number of hydrogen-bond acceptors (Lipinski definition) is 4. The number of amides is 4. The third-order valence-corrected chi connectivity index (χ3v) is 3.39. The van der Waals surface area contributed by atoms with Crippen LogP contribution in [0.2, 0.25) is 0 Å². The molecule has 1 atom stereocenters. The minimum atomic E-state index is -0.722. The van der Waals surface area contributed by atoms with E-state index in [-0.39, 0.29) is 18.4 Å². The van der Waals surface area contributed by atoms with Gasteiger partial charge in [-0.25, -0.2) is 4.79 Å². The lowest BCUT2D eigenvalue weighted by molar-refractivity contribution is -0.122. The number of hydrogen-bond donors (Lipinski definition) is 4. The molecule has 0 saturated heterocycles. The molecular formula is C17H20N4O4. The zero-order valence-corrected chi connectivity index (χ0v) is 14.0. The van der Waals surface area contributed by atoms with Crippen molar-refractivity contribution in [3.8, 4) is 0 Å². The average Bonchev–Trinajstić information content (AvgIpc) is 3.13. The Kier molecular flexibility index (Phi) is 6.16. The van der Waals surface area contributed by atoms with Crippen LogP contribution < -0.4 is 21.3 Å². The topological polar surface area (TPSA) is 112 Å². The molecule has 0 saturated carbocycles. The Morgan fingerprint density at radius 3 is 2.44 bits per heavy atom. The van der Waals surface area contributed by atoms with E-state index in [1.165, 1.54) is 6.26 Å². The maximum absolute atomic E-state index is 11.9. The van der Waals surface area contributed by atoms with Crippen LogP contribution in [0.4, 0.5) is 10.5 Å². The zero-order valence-electron chi connectivity index (χ0n) is 14.0. The van der Waals surface area contributed by atoms with E-state index in [9.17, 15) is 14.4 Å². The van der Waals surface area contributed by atoms with Crippen LogP contribution in [0.25, 0.3) is 0 Å². The van der Waals surface area contributed by atoms with Crippen molar-refractivity contribution in [3.05, 3.63) is 54.0 Å². The van der Waals surface area contributed by atoms with Crippen molar-refractivity contribution < 1.29 is 18.8 Å². The number of urea groups is 1. The van der Waals surface area contributed by atoms with Gasteiger partial charge < -0.3 is 25.7 Å². The fourth-order valence-corrected chi connectivity index (χ4v) is 2.02. The Morgan fingerprint density at radius 1 is 1.12 bits per heavy atom. The molecule has 132 valence electrons. The van der Waals surface area contributed by atoms with Crippen LogP contribution in [0, 0.1) is 0 Å². The molecule has 4 amide bonds. The first kappa shape index (κ1) is 18.1. The number of carbonyl (C=O) groups excluding carboxylic acids is 3. The summed E-state index contributed by atoms with van der Waals surface area (Å²) in [7, 11) is 1.54. The molecule has 2 aromatic rings. The highest BCUT2D eigenvalue weighted by Gasteiger charge is 2.15. The molecule has 25 heavy (non-hydrogen) atoms. The van der Waals surface area contributed by atoms with Gasteiger partial charge >= 0.3 is 6.03 Å². The van der Waals surface area contributed by atoms with E-state index in [0.29, 0.717) is 17.0 Å². The van der Waals surface area contributed by atoms with Crippen molar-refractivity contribution in [2.75, 3.05) is 12.4 Å². The number of furan rings is 1. The minimum Gasteiger partial charge on any atom is -0.467 e. The highest BCUT2D eigenvalue weighted by molar-refractivity contribution is 5.96. The molecule has 1 aromatic carbocycles. The lowest BCUT2D eigenvalue weighted by atomic mass is 10.2. The second kappa shape index (κ2) is 8.53. The standard InChI is InChI=1S/C17H20N4O4/c1-11(15(22)19-10-14-4-3-9-25-14)20-17(24)21-13-7-5-12(6-8-13)16(23)18-2/h3-9,11H,10H2,1-2H3,(H,18,23)(H,19,22)(H2,20,21,24)/t11-/m1/s1. The van der Waals surface area contributed by atoms with Crippen LogP contribution >= 0.6 is 0 Å². The lowest BCUT2D eigenvalue weighted by Gasteiger charge is -2.14. The van der Waals surface area contributed by atoms with E-state index in [0.717, 1.165) is 0 Å². The molecule has 0 spiro atoms. The monoisotopic (exact) mass is 344 g/mol. The van der Waals surface area contributed by atoms with Crippen LogP contribution in [-0.2, 0) is 11.3 Å². The normalized spacial score (nSPS) is 11.3. The Balaban J connectivity index is 1.80. The third-order valence-electron chi connectivity index (χ3n) is 3.39.